The van der Waals surface area contributed by atoms with Crippen LogP contribution in [0.15, 0.2) is 48.2 Å². The van der Waals surface area contributed by atoms with Crippen molar-refractivity contribution < 1.29 is 9.59 Å². The van der Waals surface area contributed by atoms with Gasteiger partial charge in [0.1, 0.15) is 5.70 Å². The Hall–Kier alpha value is -3.08. The first-order chi connectivity index (χ1) is 13.5. The Bertz CT molecular complexity index is 970. The van der Waals surface area contributed by atoms with E-state index in [0.29, 0.717) is 11.3 Å². The molecule has 0 spiro atoms. The summed E-state index contributed by atoms with van der Waals surface area (Å²) in [5.74, 6) is -0.572. The zero-order valence-electron chi connectivity index (χ0n) is 16.6. The topological polar surface area (TPSA) is 52.7 Å². The number of aryl methyl sites for hydroxylation is 2. The van der Waals surface area contributed by atoms with Crippen LogP contribution in [0.4, 0.5) is 11.4 Å². The van der Waals surface area contributed by atoms with Crippen molar-refractivity contribution in [3.63, 3.8) is 0 Å². The van der Waals surface area contributed by atoms with Gasteiger partial charge in [-0.2, -0.15) is 0 Å². The standard InChI is InChI=1S/C23H25N3O2/c1-15-6-11-19(16(2)14-15)20-21(23(28)25(3)22(20)27)24-17-7-9-18(10-8-17)26-12-4-5-13-26/h6-11,14,24H,4-5,12-13H2,1-3H3. The van der Waals surface area contributed by atoms with Crippen LogP contribution in [0.25, 0.3) is 5.57 Å². The molecule has 5 nitrogen and oxygen atoms in total. The summed E-state index contributed by atoms with van der Waals surface area (Å²) in [4.78, 5) is 29.1. The van der Waals surface area contributed by atoms with Crippen LogP contribution in [0.1, 0.15) is 29.5 Å². The molecule has 144 valence electrons. The quantitative estimate of drug-likeness (QED) is 0.828. The third kappa shape index (κ3) is 3.17. The number of amides is 2. The summed E-state index contributed by atoms with van der Waals surface area (Å²) < 4.78 is 0. The molecule has 1 fully saturated rings. The number of likely N-dealkylation sites (N-methyl/N-ethyl adjacent to an activating group) is 1. The molecule has 1 saturated heterocycles. The molecule has 0 aliphatic carbocycles. The number of nitrogens with zero attached hydrogens (tertiary/aromatic N) is 2. The lowest BCUT2D eigenvalue weighted by Crippen LogP contribution is -2.28. The third-order valence-corrected chi connectivity index (χ3v) is 5.55. The average molecular weight is 375 g/mol. The molecule has 2 aliphatic heterocycles. The molecular formula is C23H25N3O2. The van der Waals surface area contributed by atoms with Crippen LogP contribution in [-0.4, -0.2) is 36.9 Å². The fourth-order valence-corrected chi connectivity index (χ4v) is 3.98. The molecular weight excluding hydrogens is 350 g/mol. The van der Waals surface area contributed by atoms with Gasteiger partial charge in [-0.25, -0.2) is 0 Å². The molecule has 2 heterocycles. The molecule has 0 aromatic heterocycles. The molecule has 0 saturated carbocycles. The van der Waals surface area contributed by atoms with Gasteiger partial charge in [0, 0.05) is 31.5 Å². The zero-order valence-corrected chi connectivity index (χ0v) is 16.6. The lowest BCUT2D eigenvalue weighted by Gasteiger charge is -2.18. The molecule has 1 N–H and O–H groups in total. The average Bonchev–Trinajstić information content (AvgIpc) is 3.28. The summed E-state index contributed by atoms with van der Waals surface area (Å²) in [6, 6.07) is 14.0. The molecule has 0 unspecified atom stereocenters. The van der Waals surface area contributed by atoms with E-state index in [-0.39, 0.29) is 11.8 Å². The van der Waals surface area contributed by atoms with Gasteiger partial charge >= 0.3 is 0 Å². The smallest absolute Gasteiger partial charge is 0.277 e. The van der Waals surface area contributed by atoms with Crippen LogP contribution < -0.4 is 10.2 Å². The fraction of sp³-hybridized carbons (Fsp3) is 0.304. The highest BCUT2D eigenvalue weighted by Crippen LogP contribution is 2.32. The van der Waals surface area contributed by atoms with Gasteiger partial charge < -0.3 is 10.2 Å². The molecule has 0 bridgehead atoms. The van der Waals surface area contributed by atoms with Crippen LogP contribution in [0.2, 0.25) is 0 Å². The van der Waals surface area contributed by atoms with E-state index in [1.165, 1.54) is 30.5 Å². The van der Waals surface area contributed by atoms with Crippen LogP contribution in [0.5, 0.6) is 0 Å². The van der Waals surface area contributed by atoms with Gasteiger partial charge in [-0.3, -0.25) is 14.5 Å². The molecule has 4 rings (SSSR count). The van der Waals surface area contributed by atoms with Crippen molar-refractivity contribution >= 4 is 28.8 Å². The predicted octanol–water partition coefficient (Wildman–Crippen LogP) is 3.73. The fourth-order valence-electron chi connectivity index (χ4n) is 3.98. The van der Waals surface area contributed by atoms with Crippen molar-refractivity contribution in [2.75, 3.05) is 30.4 Å². The van der Waals surface area contributed by atoms with Crippen molar-refractivity contribution in [2.45, 2.75) is 26.7 Å². The Morgan fingerprint density at radius 1 is 0.893 bits per heavy atom. The minimum absolute atomic E-state index is 0.270. The van der Waals surface area contributed by atoms with Gasteiger partial charge in [0.15, 0.2) is 0 Å². The van der Waals surface area contributed by atoms with E-state index in [4.69, 9.17) is 0 Å². The first kappa shape index (κ1) is 18.3. The summed E-state index contributed by atoms with van der Waals surface area (Å²) in [5, 5.41) is 3.21. The van der Waals surface area contributed by atoms with Crippen LogP contribution >= 0.6 is 0 Å². The maximum atomic E-state index is 12.8. The Labute approximate surface area is 165 Å². The van der Waals surface area contributed by atoms with Crippen LogP contribution in [-0.2, 0) is 9.59 Å². The van der Waals surface area contributed by atoms with E-state index >= 15 is 0 Å². The molecule has 2 amide bonds. The first-order valence-corrected chi connectivity index (χ1v) is 9.72. The van der Waals surface area contributed by atoms with Crippen molar-refractivity contribution in [1.29, 1.82) is 0 Å². The van der Waals surface area contributed by atoms with E-state index in [9.17, 15) is 9.59 Å². The minimum Gasteiger partial charge on any atom is -0.372 e. The van der Waals surface area contributed by atoms with E-state index in [0.717, 1.165) is 35.5 Å². The molecule has 2 aromatic carbocycles. The van der Waals surface area contributed by atoms with Crippen molar-refractivity contribution in [3.8, 4) is 0 Å². The number of nitrogens with one attached hydrogen (secondary N) is 1. The Morgan fingerprint density at radius 2 is 1.57 bits per heavy atom. The third-order valence-electron chi connectivity index (χ3n) is 5.55. The number of carbonyl (C=O) groups is 2. The Morgan fingerprint density at radius 3 is 2.21 bits per heavy atom. The summed E-state index contributed by atoms with van der Waals surface area (Å²) in [5.41, 5.74) is 5.68. The highest BCUT2D eigenvalue weighted by molar-refractivity contribution is 6.36. The summed E-state index contributed by atoms with van der Waals surface area (Å²) in [7, 11) is 1.53. The monoisotopic (exact) mass is 375 g/mol. The molecule has 28 heavy (non-hydrogen) atoms. The van der Waals surface area contributed by atoms with E-state index < -0.39 is 0 Å². The second-order valence-corrected chi connectivity index (χ2v) is 7.60. The van der Waals surface area contributed by atoms with Gasteiger partial charge in [-0.15, -0.1) is 0 Å². The Kier molecular flexibility index (Phi) is 4.67. The maximum absolute atomic E-state index is 12.8. The second kappa shape index (κ2) is 7.15. The number of imide groups is 1. The highest BCUT2D eigenvalue weighted by Gasteiger charge is 2.37. The van der Waals surface area contributed by atoms with Gasteiger partial charge in [-0.05, 0) is 62.1 Å². The normalized spacial score (nSPS) is 17.1. The van der Waals surface area contributed by atoms with Gasteiger partial charge in [0.05, 0.1) is 5.57 Å². The molecule has 0 radical (unpaired) electrons. The van der Waals surface area contributed by atoms with Crippen LogP contribution in [0, 0.1) is 13.8 Å². The molecule has 0 atom stereocenters. The SMILES string of the molecule is Cc1ccc(C2=C(Nc3ccc(N4CCCC4)cc3)C(=O)N(C)C2=O)c(C)c1. The maximum Gasteiger partial charge on any atom is 0.277 e. The molecule has 2 aromatic rings. The lowest BCUT2D eigenvalue weighted by molar-refractivity contribution is -0.135. The Balaban J connectivity index is 1.69. The largest absolute Gasteiger partial charge is 0.372 e. The van der Waals surface area contributed by atoms with E-state index in [2.05, 4.69) is 22.3 Å². The summed E-state index contributed by atoms with van der Waals surface area (Å²) >= 11 is 0. The van der Waals surface area contributed by atoms with Gasteiger partial charge in [0.25, 0.3) is 11.8 Å². The van der Waals surface area contributed by atoms with Crippen LogP contribution in [0.3, 0.4) is 0 Å². The number of hydrogen-bond acceptors (Lipinski definition) is 4. The van der Waals surface area contributed by atoms with E-state index in [1.54, 1.807) is 0 Å². The first-order valence-electron chi connectivity index (χ1n) is 9.72. The van der Waals surface area contributed by atoms with E-state index in [1.807, 2.05) is 44.2 Å². The number of anilines is 2. The number of carbonyl (C=O) groups excluding carboxylic acids is 2. The van der Waals surface area contributed by atoms with Crippen molar-refractivity contribution in [2.24, 2.45) is 0 Å². The zero-order chi connectivity index (χ0) is 19.8. The summed E-state index contributed by atoms with van der Waals surface area (Å²) in [6.45, 7) is 6.16. The number of benzene rings is 2. The lowest BCUT2D eigenvalue weighted by atomic mass is 9.97. The van der Waals surface area contributed by atoms with Crippen molar-refractivity contribution in [3.05, 3.63) is 64.9 Å². The minimum atomic E-state index is -0.302. The van der Waals surface area contributed by atoms with Gasteiger partial charge in [-0.1, -0.05) is 23.8 Å². The van der Waals surface area contributed by atoms with Gasteiger partial charge in [0.2, 0.25) is 0 Å². The number of rotatable bonds is 4. The number of hydrogen-bond donors (Lipinski definition) is 1. The molecule has 2 aliphatic rings. The highest BCUT2D eigenvalue weighted by atomic mass is 16.2. The van der Waals surface area contributed by atoms with Crippen molar-refractivity contribution in [1.82, 2.24) is 4.90 Å². The predicted molar refractivity (Wildman–Crippen MR) is 112 cm³/mol. The second-order valence-electron chi connectivity index (χ2n) is 7.60. The summed E-state index contributed by atoms with van der Waals surface area (Å²) in [6.07, 6.45) is 2.46. The molecule has 5 heteroatoms.